The predicted molar refractivity (Wildman–Crippen MR) is 79.6 cm³/mol. The van der Waals surface area contributed by atoms with Crippen molar-refractivity contribution >= 4 is 11.7 Å². The molecule has 4 nitrogen and oxygen atoms in total. The van der Waals surface area contributed by atoms with Gasteiger partial charge in [-0.05, 0) is 36.2 Å². The molecular weight excluding hydrogens is 271 g/mol. The number of anilines is 1. The molecule has 21 heavy (non-hydrogen) atoms. The molecule has 0 aliphatic rings. The molecule has 0 fully saturated rings. The number of amides is 2. The second-order valence-corrected chi connectivity index (χ2v) is 4.67. The molecule has 0 spiro atoms. The number of rotatable bonds is 5. The molecule has 2 amide bonds. The van der Waals surface area contributed by atoms with Gasteiger partial charge in [0, 0.05) is 5.69 Å². The highest BCUT2D eigenvalue weighted by atomic mass is 19.1. The van der Waals surface area contributed by atoms with Gasteiger partial charge in [-0.3, -0.25) is 0 Å². The quantitative estimate of drug-likeness (QED) is 0.792. The van der Waals surface area contributed by atoms with Gasteiger partial charge in [0.05, 0.1) is 12.6 Å². The maximum Gasteiger partial charge on any atom is 0.319 e. The van der Waals surface area contributed by atoms with E-state index < -0.39 is 6.03 Å². The molecular formula is C16H17FN2O2. The van der Waals surface area contributed by atoms with E-state index in [-0.39, 0.29) is 18.5 Å². The third kappa shape index (κ3) is 4.89. The standard InChI is InChI=1S/C16H17FN2O2/c17-13-6-8-14(9-7-13)18-16(21)19-15(11-20)10-12-4-2-1-3-5-12/h1-9,15,20H,10-11H2,(H2,18,19,21). The first kappa shape index (κ1) is 15.0. The van der Waals surface area contributed by atoms with Crippen LogP contribution in [0.2, 0.25) is 0 Å². The largest absolute Gasteiger partial charge is 0.394 e. The van der Waals surface area contributed by atoms with Crippen LogP contribution >= 0.6 is 0 Å². The fourth-order valence-electron chi connectivity index (χ4n) is 1.95. The van der Waals surface area contributed by atoms with Crippen LogP contribution in [0.5, 0.6) is 0 Å². The normalized spacial score (nSPS) is 11.7. The number of hydrogen-bond donors (Lipinski definition) is 3. The molecule has 1 unspecified atom stereocenters. The minimum Gasteiger partial charge on any atom is -0.394 e. The first-order valence-electron chi connectivity index (χ1n) is 6.65. The smallest absolute Gasteiger partial charge is 0.319 e. The summed E-state index contributed by atoms with van der Waals surface area (Å²) >= 11 is 0. The molecule has 0 aliphatic heterocycles. The highest BCUT2D eigenvalue weighted by molar-refractivity contribution is 5.89. The van der Waals surface area contributed by atoms with Crippen LogP contribution in [0, 0.1) is 5.82 Å². The zero-order valence-electron chi connectivity index (χ0n) is 11.4. The molecule has 110 valence electrons. The summed E-state index contributed by atoms with van der Waals surface area (Å²) in [6, 6.07) is 14.2. The van der Waals surface area contributed by atoms with Gasteiger partial charge in [0.15, 0.2) is 0 Å². The van der Waals surface area contributed by atoms with Gasteiger partial charge in [0.25, 0.3) is 0 Å². The van der Waals surface area contributed by atoms with Crippen molar-refractivity contribution in [3.05, 3.63) is 66.0 Å². The summed E-state index contributed by atoms with van der Waals surface area (Å²) in [6.07, 6.45) is 0.536. The van der Waals surface area contributed by atoms with Gasteiger partial charge in [0.2, 0.25) is 0 Å². The summed E-state index contributed by atoms with van der Waals surface area (Å²) in [5, 5.41) is 14.6. The highest BCUT2D eigenvalue weighted by Crippen LogP contribution is 2.08. The fraction of sp³-hybridized carbons (Fsp3) is 0.188. The second-order valence-electron chi connectivity index (χ2n) is 4.67. The molecule has 0 heterocycles. The van der Waals surface area contributed by atoms with E-state index >= 15 is 0 Å². The minimum atomic E-state index is -0.434. The summed E-state index contributed by atoms with van der Waals surface area (Å²) in [5.41, 5.74) is 1.52. The van der Waals surface area contributed by atoms with Gasteiger partial charge in [0.1, 0.15) is 5.82 Å². The van der Waals surface area contributed by atoms with Crippen LogP contribution in [0.1, 0.15) is 5.56 Å². The number of halogens is 1. The number of carbonyl (C=O) groups is 1. The lowest BCUT2D eigenvalue weighted by Crippen LogP contribution is -2.41. The lowest BCUT2D eigenvalue weighted by Gasteiger charge is -2.17. The SMILES string of the molecule is O=C(Nc1ccc(F)cc1)NC(CO)Cc1ccccc1. The van der Waals surface area contributed by atoms with Gasteiger partial charge in [-0.2, -0.15) is 0 Å². The van der Waals surface area contributed by atoms with Crippen LogP contribution < -0.4 is 10.6 Å². The van der Waals surface area contributed by atoms with E-state index in [1.165, 1.54) is 24.3 Å². The van der Waals surface area contributed by atoms with E-state index in [0.717, 1.165) is 5.56 Å². The Bertz CT molecular complexity index is 573. The number of carbonyl (C=O) groups excluding carboxylic acids is 1. The Balaban J connectivity index is 1.89. The van der Waals surface area contributed by atoms with Gasteiger partial charge in [-0.15, -0.1) is 0 Å². The molecule has 5 heteroatoms. The number of urea groups is 1. The van der Waals surface area contributed by atoms with E-state index in [4.69, 9.17) is 0 Å². The first-order valence-corrected chi connectivity index (χ1v) is 6.65. The lowest BCUT2D eigenvalue weighted by molar-refractivity contribution is 0.224. The van der Waals surface area contributed by atoms with Crippen LogP contribution in [0.25, 0.3) is 0 Å². The van der Waals surface area contributed by atoms with Crippen molar-refractivity contribution in [2.75, 3.05) is 11.9 Å². The third-order valence-electron chi connectivity index (χ3n) is 2.98. The first-order chi connectivity index (χ1) is 10.2. The molecule has 2 aromatic carbocycles. The van der Waals surface area contributed by atoms with Crippen molar-refractivity contribution in [3.8, 4) is 0 Å². The van der Waals surface area contributed by atoms with Gasteiger partial charge >= 0.3 is 6.03 Å². The maximum atomic E-state index is 12.8. The zero-order chi connectivity index (χ0) is 15.1. The molecule has 0 bridgehead atoms. The average molecular weight is 288 g/mol. The summed E-state index contributed by atoms with van der Waals surface area (Å²) in [5.74, 6) is -0.363. The zero-order valence-corrected chi connectivity index (χ0v) is 11.4. The average Bonchev–Trinajstić information content (AvgIpc) is 2.50. The van der Waals surface area contributed by atoms with Crippen molar-refractivity contribution in [2.45, 2.75) is 12.5 Å². The topological polar surface area (TPSA) is 61.4 Å². The Morgan fingerprint density at radius 3 is 2.38 bits per heavy atom. The van der Waals surface area contributed by atoms with Crippen molar-refractivity contribution in [2.24, 2.45) is 0 Å². The number of nitrogens with one attached hydrogen (secondary N) is 2. The molecule has 0 aliphatic carbocycles. The lowest BCUT2D eigenvalue weighted by atomic mass is 10.1. The number of aliphatic hydroxyl groups excluding tert-OH is 1. The summed E-state index contributed by atoms with van der Waals surface area (Å²) < 4.78 is 12.8. The molecule has 2 aromatic rings. The number of aliphatic hydroxyl groups is 1. The second kappa shape index (κ2) is 7.40. The van der Waals surface area contributed by atoms with E-state index in [1.54, 1.807) is 0 Å². The summed E-state index contributed by atoms with van der Waals surface area (Å²) in [4.78, 5) is 11.8. The Kier molecular flexibility index (Phi) is 5.29. The monoisotopic (exact) mass is 288 g/mol. The van der Waals surface area contributed by atoms with E-state index in [9.17, 15) is 14.3 Å². The minimum absolute atomic E-state index is 0.161. The molecule has 1 atom stereocenters. The molecule has 2 rings (SSSR count). The van der Waals surface area contributed by atoms with E-state index in [1.807, 2.05) is 30.3 Å². The summed E-state index contributed by atoms with van der Waals surface area (Å²) in [6.45, 7) is -0.161. The molecule has 0 saturated carbocycles. The van der Waals surface area contributed by atoms with Crippen LogP contribution in [-0.4, -0.2) is 23.8 Å². The van der Waals surface area contributed by atoms with Crippen LogP contribution in [0.3, 0.4) is 0 Å². The van der Waals surface area contributed by atoms with Crippen molar-refractivity contribution in [3.63, 3.8) is 0 Å². The molecule has 3 N–H and O–H groups in total. The van der Waals surface area contributed by atoms with Crippen LogP contribution in [0.15, 0.2) is 54.6 Å². The third-order valence-corrected chi connectivity index (χ3v) is 2.98. The Morgan fingerprint density at radius 1 is 1.10 bits per heavy atom. The number of hydrogen-bond acceptors (Lipinski definition) is 2. The van der Waals surface area contributed by atoms with E-state index in [0.29, 0.717) is 12.1 Å². The Labute approximate surface area is 122 Å². The molecule has 0 saturated heterocycles. The Hall–Kier alpha value is -2.40. The maximum absolute atomic E-state index is 12.8. The van der Waals surface area contributed by atoms with E-state index in [2.05, 4.69) is 10.6 Å². The Morgan fingerprint density at radius 2 is 1.76 bits per heavy atom. The molecule has 0 aromatic heterocycles. The number of benzene rings is 2. The van der Waals surface area contributed by atoms with Crippen molar-refractivity contribution in [1.82, 2.24) is 5.32 Å². The van der Waals surface area contributed by atoms with Gasteiger partial charge < -0.3 is 15.7 Å². The fourth-order valence-corrected chi connectivity index (χ4v) is 1.95. The van der Waals surface area contributed by atoms with Gasteiger partial charge in [-0.1, -0.05) is 30.3 Å². The highest BCUT2D eigenvalue weighted by Gasteiger charge is 2.12. The predicted octanol–water partition coefficient (Wildman–Crippen LogP) is 2.55. The van der Waals surface area contributed by atoms with Crippen LogP contribution in [-0.2, 0) is 6.42 Å². The summed E-state index contributed by atoms with van der Waals surface area (Å²) in [7, 11) is 0. The van der Waals surface area contributed by atoms with Crippen LogP contribution in [0.4, 0.5) is 14.9 Å². The van der Waals surface area contributed by atoms with Gasteiger partial charge in [-0.25, -0.2) is 9.18 Å². The van der Waals surface area contributed by atoms with Crippen molar-refractivity contribution in [1.29, 1.82) is 0 Å². The molecule has 0 radical (unpaired) electrons. The van der Waals surface area contributed by atoms with Crippen molar-refractivity contribution < 1.29 is 14.3 Å².